The Labute approximate surface area is 130 Å². The minimum atomic E-state index is 0.0754. The highest BCUT2D eigenvalue weighted by atomic mass is 32.1. The molecule has 2 aromatic rings. The van der Waals surface area contributed by atoms with Crippen LogP contribution in [-0.2, 0) is 6.54 Å². The van der Waals surface area contributed by atoms with Crippen molar-refractivity contribution in [2.45, 2.75) is 33.4 Å². The Morgan fingerprint density at radius 1 is 1.33 bits per heavy atom. The van der Waals surface area contributed by atoms with Gasteiger partial charge in [0.05, 0.1) is 12.1 Å². The maximum atomic E-state index is 12.9. The highest BCUT2D eigenvalue weighted by molar-refractivity contribution is 7.09. The molecular weight excluding hydrogens is 280 g/mol. The van der Waals surface area contributed by atoms with Gasteiger partial charge < -0.3 is 10.2 Å². The first-order chi connectivity index (χ1) is 10.0. The van der Waals surface area contributed by atoms with E-state index in [1.807, 2.05) is 48.5 Å². The van der Waals surface area contributed by atoms with Crippen molar-refractivity contribution in [2.24, 2.45) is 0 Å². The zero-order chi connectivity index (χ0) is 15.4. The molecule has 0 aliphatic heterocycles. The fraction of sp³-hybridized carbons (Fsp3) is 0.353. The quantitative estimate of drug-likeness (QED) is 0.900. The number of thiophene rings is 1. The summed E-state index contributed by atoms with van der Waals surface area (Å²) in [5.41, 5.74) is 2.71. The lowest BCUT2D eigenvalue weighted by Crippen LogP contribution is -2.36. The monoisotopic (exact) mass is 302 g/mol. The van der Waals surface area contributed by atoms with E-state index < -0.39 is 0 Å². The molecule has 0 saturated heterocycles. The van der Waals surface area contributed by atoms with Crippen LogP contribution in [0.1, 0.15) is 34.6 Å². The number of anilines is 1. The number of rotatable bonds is 5. The van der Waals surface area contributed by atoms with Crippen molar-refractivity contribution in [3.05, 3.63) is 51.7 Å². The molecule has 0 radical (unpaired) electrons. The average Bonchev–Trinajstić information content (AvgIpc) is 2.96. The molecule has 1 N–H and O–H groups in total. The zero-order valence-electron chi connectivity index (χ0n) is 13.0. The number of hydrogen-bond donors (Lipinski definition) is 1. The summed E-state index contributed by atoms with van der Waals surface area (Å²) in [7, 11) is 1.85. The van der Waals surface area contributed by atoms with Crippen LogP contribution in [0.25, 0.3) is 0 Å². The molecule has 1 aromatic carbocycles. The maximum absolute atomic E-state index is 12.9. The van der Waals surface area contributed by atoms with Crippen molar-refractivity contribution >= 4 is 22.9 Å². The summed E-state index contributed by atoms with van der Waals surface area (Å²) in [5, 5.41) is 5.16. The largest absolute Gasteiger partial charge is 0.387 e. The normalized spacial score (nSPS) is 10.7. The average molecular weight is 302 g/mol. The van der Waals surface area contributed by atoms with E-state index >= 15 is 0 Å². The molecular formula is C17H22N2OS. The van der Waals surface area contributed by atoms with E-state index in [4.69, 9.17) is 0 Å². The van der Waals surface area contributed by atoms with Crippen LogP contribution in [0.3, 0.4) is 0 Å². The molecule has 1 aromatic heterocycles. The zero-order valence-corrected chi connectivity index (χ0v) is 13.8. The minimum Gasteiger partial charge on any atom is -0.387 e. The first kappa shape index (κ1) is 15.6. The molecule has 1 amide bonds. The number of nitrogens with zero attached hydrogens (tertiary/aromatic N) is 1. The Bertz CT molecular complexity index is 605. The summed E-state index contributed by atoms with van der Waals surface area (Å²) >= 11 is 1.68. The third kappa shape index (κ3) is 3.64. The summed E-state index contributed by atoms with van der Waals surface area (Å²) in [4.78, 5) is 16.1. The van der Waals surface area contributed by atoms with E-state index in [-0.39, 0.29) is 11.9 Å². The van der Waals surface area contributed by atoms with Gasteiger partial charge in [-0.2, -0.15) is 0 Å². The molecule has 0 spiro atoms. The van der Waals surface area contributed by atoms with Crippen LogP contribution in [-0.4, -0.2) is 23.9 Å². The van der Waals surface area contributed by atoms with Crippen LogP contribution in [0.15, 0.2) is 35.7 Å². The summed E-state index contributed by atoms with van der Waals surface area (Å²) in [6.45, 7) is 6.78. The molecule has 3 nitrogen and oxygen atoms in total. The lowest BCUT2D eigenvalue weighted by atomic mass is 10.1. The van der Waals surface area contributed by atoms with Gasteiger partial charge in [0, 0.05) is 23.7 Å². The van der Waals surface area contributed by atoms with Crippen molar-refractivity contribution in [1.82, 2.24) is 4.90 Å². The predicted molar refractivity (Wildman–Crippen MR) is 90.1 cm³/mol. The Hall–Kier alpha value is -1.81. The number of benzene rings is 1. The van der Waals surface area contributed by atoms with Crippen molar-refractivity contribution in [2.75, 3.05) is 12.4 Å². The fourth-order valence-corrected chi connectivity index (χ4v) is 2.97. The van der Waals surface area contributed by atoms with Crippen LogP contribution < -0.4 is 5.32 Å². The Morgan fingerprint density at radius 3 is 2.67 bits per heavy atom. The van der Waals surface area contributed by atoms with Crippen molar-refractivity contribution in [1.29, 1.82) is 0 Å². The van der Waals surface area contributed by atoms with E-state index in [1.54, 1.807) is 11.3 Å². The third-order valence-electron chi connectivity index (χ3n) is 3.47. The second-order valence-corrected chi connectivity index (χ2v) is 6.44. The van der Waals surface area contributed by atoms with E-state index in [9.17, 15) is 4.79 Å². The molecule has 0 aliphatic carbocycles. The first-order valence-corrected chi connectivity index (χ1v) is 8.02. The number of amides is 1. The van der Waals surface area contributed by atoms with E-state index in [2.05, 4.69) is 25.2 Å². The first-order valence-electron chi connectivity index (χ1n) is 7.14. The molecule has 0 saturated carbocycles. The summed E-state index contributed by atoms with van der Waals surface area (Å²) in [6, 6.07) is 10.2. The third-order valence-corrected chi connectivity index (χ3v) is 4.33. The smallest absolute Gasteiger partial charge is 0.256 e. The van der Waals surface area contributed by atoms with Crippen molar-refractivity contribution in [3.8, 4) is 0 Å². The molecule has 0 aliphatic rings. The lowest BCUT2D eigenvalue weighted by Gasteiger charge is -2.27. The number of carbonyl (C=O) groups is 1. The summed E-state index contributed by atoms with van der Waals surface area (Å²) in [6.07, 6.45) is 0. The van der Waals surface area contributed by atoms with Gasteiger partial charge in [-0.05, 0) is 44.4 Å². The van der Waals surface area contributed by atoms with E-state index in [0.29, 0.717) is 6.54 Å². The topological polar surface area (TPSA) is 32.3 Å². The Balaban J connectivity index is 2.32. The van der Waals surface area contributed by atoms with Gasteiger partial charge in [-0.15, -0.1) is 11.3 Å². The van der Waals surface area contributed by atoms with Gasteiger partial charge in [0.15, 0.2) is 0 Å². The molecule has 0 bridgehead atoms. The van der Waals surface area contributed by atoms with Crippen molar-refractivity contribution in [3.63, 3.8) is 0 Å². The predicted octanol–water partition coefficient (Wildman–Crippen LogP) is 4.15. The number of carbonyl (C=O) groups excluding carboxylic acids is 1. The molecule has 2 rings (SSSR count). The summed E-state index contributed by atoms with van der Waals surface area (Å²) < 4.78 is 0. The molecule has 0 unspecified atom stereocenters. The van der Waals surface area contributed by atoms with Crippen LogP contribution in [0.4, 0.5) is 5.69 Å². The molecule has 0 fully saturated rings. The highest BCUT2D eigenvalue weighted by Gasteiger charge is 2.21. The van der Waals surface area contributed by atoms with Gasteiger partial charge in [-0.3, -0.25) is 4.79 Å². The maximum Gasteiger partial charge on any atom is 0.256 e. The van der Waals surface area contributed by atoms with Gasteiger partial charge in [-0.1, -0.05) is 17.7 Å². The second kappa shape index (κ2) is 6.76. The van der Waals surface area contributed by atoms with Crippen LogP contribution >= 0.6 is 11.3 Å². The number of aryl methyl sites for hydroxylation is 1. The van der Waals surface area contributed by atoms with Gasteiger partial charge in [-0.25, -0.2) is 0 Å². The van der Waals surface area contributed by atoms with Gasteiger partial charge in [0.1, 0.15) is 0 Å². The minimum absolute atomic E-state index is 0.0754. The highest BCUT2D eigenvalue weighted by Crippen LogP contribution is 2.22. The van der Waals surface area contributed by atoms with Crippen LogP contribution in [0.5, 0.6) is 0 Å². The van der Waals surface area contributed by atoms with Gasteiger partial charge >= 0.3 is 0 Å². The molecule has 1 heterocycles. The van der Waals surface area contributed by atoms with Gasteiger partial charge in [0.25, 0.3) is 5.91 Å². The molecule has 4 heteroatoms. The van der Waals surface area contributed by atoms with E-state index in [0.717, 1.165) is 16.8 Å². The number of nitrogens with one attached hydrogen (secondary N) is 1. The van der Waals surface area contributed by atoms with Gasteiger partial charge in [0.2, 0.25) is 0 Å². The molecule has 0 atom stereocenters. The second-order valence-electron chi connectivity index (χ2n) is 5.41. The molecule has 112 valence electrons. The Kier molecular flexibility index (Phi) is 5.02. The number of hydrogen-bond acceptors (Lipinski definition) is 3. The van der Waals surface area contributed by atoms with E-state index in [1.165, 1.54) is 4.88 Å². The lowest BCUT2D eigenvalue weighted by molar-refractivity contribution is 0.0693. The fourth-order valence-electron chi connectivity index (χ4n) is 2.27. The van der Waals surface area contributed by atoms with Crippen molar-refractivity contribution < 1.29 is 4.79 Å². The summed E-state index contributed by atoms with van der Waals surface area (Å²) in [5.74, 6) is 0.0754. The Morgan fingerprint density at radius 2 is 2.10 bits per heavy atom. The standard InChI is InChI=1S/C17H22N2OS/c1-12(2)19(11-14-6-5-9-21-14)17(20)15-10-13(3)7-8-16(15)18-4/h5-10,12,18H,11H2,1-4H3. The SMILES string of the molecule is CNc1ccc(C)cc1C(=O)N(Cc1cccs1)C(C)C. The molecule has 21 heavy (non-hydrogen) atoms. The van der Waals surface area contributed by atoms with Crippen LogP contribution in [0, 0.1) is 6.92 Å². The van der Waals surface area contributed by atoms with Crippen LogP contribution in [0.2, 0.25) is 0 Å².